The minimum Gasteiger partial charge on any atom is -0.394 e. The lowest BCUT2D eigenvalue weighted by atomic mass is 9.85. The molecule has 1 aliphatic carbocycles. The lowest BCUT2D eigenvalue weighted by Gasteiger charge is -2.24. The fraction of sp³-hybridized carbons (Fsp3) is 0.231. The van der Waals surface area contributed by atoms with E-state index in [4.69, 9.17) is 28.3 Å². The minimum atomic E-state index is -0.477. The largest absolute Gasteiger partial charge is 0.394 e. The first kappa shape index (κ1) is 24.5. The maximum absolute atomic E-state index is 13.5. The van der Waals surface area contributed by atoms with Gasteiger partial charge in [0, 0.05) is 10.6 Å². The van der Waals surface area contributed by atoms with Crippen LogP contribution in [0.4, 0.5) is 0 Å². The Labute approximate surface area is 225 Å². The zero-order valence-electron chi connectivity index (χ0n) is 18.5. The summed E-state index contributed by atoms with van der Waals surface area (Å²) in [6, 6.07) is 18.4. The molecule has 2 aromatic heterocycles. The monoisotopic (exact) mass is 589 g/mol. The van der Waals surface area contributed by atoms with Crippen LogP contribution in [0.3, 0.4) is 0 Å². The molecule has 0 fully saturated rings. The van der Waals surface area contributed by atoms with E-state index in [0.717, 1.165) is 44.0 Å². The van der Waals surface area contributed by atoms with Crippen LogP contribution in [0.1, 0.15) is 41.6 Å². The van der Waals surface area contributed by atoms with Crippen LogP contribution in [0.2, 0.25) is 10.0 Å². The van der Waals surface area contributed by atoms with Gasteiger partial charge in [0.25, 0.3) is 0 Å². The Bertz CT molecular complexity index is 1370. The summed E-state index contributed by atoms with van der Waals surface area (Å²) in [5.74, 6) is -0.564. The summed E-state index contributed by atoms with van der Waals surface area (Å²) in [6.07, 6.45) is 2.36. The standard InChI is InChI=1S/C26H22BrCl2N3O2S/c27-23-12-11-22(35-23)25-17-7-4-8-18(26(34)30-20(14-33)15-5-2-1-3-6-15)24(17)31-32(25)21-10-9-16(28)13-19(21)29/h1-3,5-6,9-13,18,20,33H,4,7-8,14H2,(H,30,34)/t18-,20-/m1/s1. The van der Waals surface area contributed by atoms with Gasteiger partial charge >= 0.3 is 0 Å². The Hall–Kier alpha value is -2.16. The Kier molecular flexibility index (Phi) is 7.32. The number of halogens is 3. The second kappa shape index (κ2) is 10.4. The number of amides is 1. The third-order valence-corrected chi connectivity index (χ3v) is 8.39. The number of rotatable bonds is 6. The van der Waals surface area contributed by atoms with Crippen molar-refractivity contribution in [3.63, 3.8) is 0 Å². The van der Waals surface area contributed by atoms with E-state index in [1.807, 2.05) is 53.2 Å². The van der Waals surface area contributed by atoms with Crippen molar-refractivity contribution in [3.8, 4) is 16.3 Å². The highest BCUT2D eigenvalue weighted by Gasteiger charge is 2.34. The molecule has 5 nitrogen and oxygen atoms in total. The molecule has 0 aliphatic heterocycles. The molecule has 2 atom stereocenters. The highest BCUT2D eigenvalue weighted by Crippen LogP contribution is 2.43. The molecule has 0 radical (unpaired) electrons. The first-order valence-electron chi connectivity index (χ1n) is 11.3. The number of hydrogen-bond donors (Lipinski definition) is 2. The number of aromatic nitrogens is 2. The van der Waals surface area contributed by atoms with Crippen LogP contribution in [-0.4, -0.2) is 27.4 Å². The maximum atomic E-state index is 13.5. The number of fused-ring (bicyclic) bond motifs is 1. The van der Waals surface area contributed by atoms with Crippen molar-refractivity contribution in [2.45, 2.75) is 31.2 Å². The number of hydrogen-bond acceptors (Lipinski definition) is 4. The third-order valence-electron chi connectivity index (χ3n) is 6.23. The first-order valence-corrected chi connectivity index (χ1v) is 13.6. The van der Waals surface area contributed by atoms with Crippen LogP contribution in [0.5, 0.6) is 0 Å². The molecular weight excluding hydrogens is 569 g/mol. The van der Waals surface area contributed by atoms with Crippen LogP contribution in [0.25, 0.3) is 16.3 Å². The van der Waals surface area contributed by atoms with Gasteiger partial charge in [-0.2, -0.15) is 5.10 Å². The Balaban J connectivity index is 1.57. The van der Waals surface area contributed by atoms with E-state index in [9.17, 15) is 9.90 Å². The number of aliphatic hydroxyl groups excluding tert-OH is 1. The molecule has 35 heavy (non-hydrogen) atoms. The van der Waals surface area contributed by atoms with Crippen molar-refractivity contribution in [2.24, 2.45) is 0 Å². The molecular formula is C26H22BrCl2N3O2S. The van der Waals surface area contributed by atoms with Crippen LogP contribution in [0, 0.1) is 0 Å². The van der Waals surface area contributed by atoms with Crippen molar-refractivity contribution in [2.75, 3.05) is 6.61 Å². The molecule has 0 spiro atoms. The van der Waals surface area contributed by atoms with E-state index in [-0.39, 0.29) is 12.5 Å². The van der Waals surface area contributed by atoms with Gasteiger partial charge in [-0.05, 0) is 71.1 Å². The normalized spacial score (nSPS) is 16.1. The number of thiophene rings is 1. The summed E-state index contributed by atoms with van der Waals surface area (Å²) in [4.78, 5) is 14.5. The van der Waals surface area contributed by atoms with E-state index in [2.05, 4.69) is 21.2 Å². The lowest BCUT2D eigenvalue weighted by molar-refractivity contribution is -0.124. The lowest BCUT2D eigenvalue weighted by Crippen LogP contribution is -2.36. The van der Waals surface area contributed by atoms with Crippen LogP contribution >= 0.6 is 50.5 Å². The summed E-state index contributed by atoms with van der Waals surface area (Å²) in [5, 5.41) is 19.0. The second-order valence-electron chi connectivity index (χ2n) is 8.42. The number of nitrogens with one attached hydrogen (secondary N) is 1. The molecule has 1 aliphatic rings. The quantitative estimate of drug-likeness (QED) is 0.256. The van der Waals surface area contributed by atoms with Crippen molar-refractivity contribution < 1.29 is 9.90 Å². The van der Waals surface area contributed by atoms with E-state index in [1.54, 1.807) is 23.5 Å². The minimum absolute atomic E-state index is 0.139. The molecule has 2 N–H and O–H groups in total. The highest BCUT2D eigenvalue weighted by molar-refractivity contribution is 9.11. The number of carbonyl (C=O) groups is 1. The third kappa shape index (κ3) is 4.93. The van der Waals surface area contributed by atoms with Gasteiger partial charge in [0.05, 0.1) is 49.3 Å². The molecule has 4 aromatic rings. The molecule has 9 heteroatoms. The summed E-state index contributed by atoms with van der Waals surface area (Å²) in [6.45, 7) is -0.182. The fourth-order valence-corrected chi connectivity index (χ4v) is 6.52. The van der Waals surface area contributed by atoms with E-state index in [0.29, 0.717) is 22.2 Å². The van der Waals surface area contributed by atoms with Gasteiger partial charge in [0.1, 0.15) is 0 Å². The Morgan fingerprint density at radius 3 is 2.69 bits per heavy atom. The van der Waals surface area contributed by atoms with Crippen molar-refractivity contribution in [1.29, 1.82) is 0 Å². The van der Waals surface area contributed by atoms with Crippen LogP contribution < -0.4 is 5.32 Å². The van der Waals surface area contributed by atoms with E-state index >= 15 is 0 Å². The molecule has 0 saturated carbocycles. The van der Waals surface area contributed by atoms with Gasteiger partial charge in [-0.25, -0.2) is 4.68 Å². The van der Waals surface area contributed by atoms with Crippen LogP contribution in [0.15, 0.2) is 64.5 Å². The van der Waals surface area contributed by atoms with Gasteiger partial charge < -0.3 is 10.4 Å². The highest BCUT2D eigenvalue weighted by atomic mass is 79.9. The molecule has 2 heterocycles. The van der Waals surface area contributed by atoms with Gasteiger partial charge in [-0.15, -0.1) is 11.3 Å². The number of carbonyl (C=O) groups excluding carboxylic acids is 1. The second-order valence-corrected chi connectivity index (χ2v) is 11.7. The summed E-state index contributed by atoms with van der Waals surface area (Å²) < 4.78 is 2.85. The predicted molar refractivity (Wildman–Crippen MR) is 145 cm³/mol. The first-order chi connectivity index (χ1) is 17.0. The average molecular weight is 591 g/mol. The molecule has 0 unspecified atom stereocenters. The van der Waals surface area contributed by atoms with Crippen molar-refractivity contribution in [1.82, 2.24) is 15.1 Å². The SMILES string of the molecule is O=C(N[C@H](CO)c1ccccc1)[C@@H]1CCCc2c1nn(-c1ccc(Cl)cc1Cl)c2-c1ccc(Br)s1. The smallest absolute Gasteiger partial charge is 0.229 e. The number of aliphatic hydroxyl groups is 1. The van der Waals surface area contributed by atoms with Crippen molar-refractivity contribution in [3.05, 3.63) is 91.3 Å². The van der Waals surface area contributed by atoms with Gasteiger partial charge in [-0.3, -0.25) is 4.79 Å². The van der Waals surface area contributed by atoms with Crippen LogP contribution in [-0.2, 0) is 11.2 Å². The van der Waals surface area contributed by atoms with E-state index < -0.39 is 12.0 Å². The van der Waals surface area contributed by atoms with Crippen molar-refractivity contribution >= 4 is 56.4 Å². The molecule has 180 valence electrons. The predicted octanol–water partition coefficient (Wildman–Crippen LogP) is 6.94. The molecule has 5 rings (SSSR count). The molecule has 1 amide bonds. The van der Waals surface area contributed by atoms with Gasteiger partial charge in [0.2, 0.25) is 5.91 Å². The fourth-order valence-electron chi connectivity index (χ4n) is 4.58. The average Bonchev–Trinajstić information content (AvgIpc) is 3.45. The summed E-state index contributed by atoms with van der Waals surface area (Å²) in [5.41, 5.74) is 4.32. The van der Waals surface area contributed by atoms with Gasteiger partial charge in [-0.1, -0.05) is 53.5 Å². The van der Waals surface area contributed by atoms with Gasteiger partial charge in [0.15, 0.2) is 0 Å². The molecule has 2 aromatic carbocycles. The summed E-state index contributed by atoms with van der Waals surface area (Å²) >= 11 is 17.9. The number of benzene rings is 2. The summed E-state index contributed by atoms with van der Waals surface area (Å²) in [7, 11) is 0. The number of nitrogens with zero attached hydrogens (tertiary/aromatic N) is 2. The zero-order chi connectivity index (χ0) is 24.5. The molecule has 0 bridgehead atoms. The topological polar surface area (TPSA) is 67.2 Å². The maximum Gasteiger partial charge on any atom is 0.229 e. The Morgan fingerprint density at radius 2 is 2.00 bits per heavy atom. The van der Waals surface area contributed by atoms with E-state index in [1.165, 1.54) is 0 Å². The molecule has 0 saturated heterocycles. The Morgan fingerprint density at radius 1 is 1.20 bits per heavy atom. The zero-order valence-corrected chi connectivity index (χ0v) is 22.5.